The summed E-state index contributed by atoms with van der Waals surface area (Å²) < 4.78 is 0. The molecule has 0 aliphatic carbocycles. The van der Waals surface area contributed by atoms with Gasteiger partial charge in [0.25, 0.3) is 0 Å². The number of nitrogens with two attached hydrogens (primary N) is 1. The van der Waals surface area contributed by atoms with Crippen LogP contribution in [-0.4, -0.2) is 12.3 Å². The van der Waals surface area contributed by atoms with E-state index in [1.807, 2.05) is 13.0 Å². The molecule has 0 saturated carbocycles. The molecule has 0 atom stereocenters. The molecule has 0 aliphatic heterocycles. The summed E-state index contributed by atoms with van der Waals surface area (Å²) >= 11 is 0. The maximum atomic E-state index is 7.03. The van der Waals surface area contributed by atoms with Crippen LogP contribution in [0.25, 0.3) is 0 Å². The second-order valence-electron chi connectivity index (χ2n) is 1.54. The molecule has 0 unspecified atom stereocenters. The molecule has 2 nitrogen and oxygen atoms in total. The first-order valence-electron chi connectivity index (χ1n) is 2.75. The zero-order valence-electron chi connectivity index (χ0n) is 5.15. The van der Waals surface area contributed by atoms with Gasteiger partial charge in [0.05, 0.1) is 0 Å². The van der Waals surface area contributed by atoms with Crippen molar-refractivity contribution in [3.63, 3.8) is 0 Å². The Bertz CT molecular complexity index is 94.7. The Morgan fingerprint density at radius 2 is 2.38 bits per heavy atom. The summed E-state index contributed by atoms with van der Waals surface area (Å²) in [7, 11) is 0. The molecule has 0 spiro atoms. The number of allylic oxidation sites excluding steroid dienone is 1. The quantitative estimate of drug-likeness (QED) is 0.524. The highest BCUT2D eigenvalue weighted by atomic mass is 14.6. The topological polar surface area (TPSA) is 49.9 Å². The lowest BCUT2D eigenvalue weighted by Gasteiger charge is -1.85. The predicted molar refractivity (Wildman–Crippen MR) is 36.2 cm³/mol. The highest BCUT2D eigenvalue weighted by Gasteiger charge is 1.79. The average Bonchev–Trinajstić information content (AvgIpc) is 1.83. The zero-order valence-corrected chi connectivity index (χ0v) is 5.15. The number of rotatable bonds is 3. The van der Waals surface area contributed by atoms with Crippen LogP contribution in [0.2, 0.25) is 0 Å². The molecule has 0 aromatic rings. The molecule has 0 fully saturated rings. The molecular weight excluding hydrogens is 100 g/mol. The standard InChI is InChI=1S/C6H12N2/c1-2-3-4-6(8)5-7/h3-4,8H,2,5,7H2,1H3/b4-3-,8-6?. The van der Waals surface area contributed by atoms with Crippen molar-refractivity contribution in [1.82, 2.24) is 0 Å². The highest BCUT2D eigenvalue weighted by molar-refractivity contribution is 5.93. The van der Waals surface area contributed by atoms with Gasteiger partial charge in [-0.1, -0.05) is 13.0 Å². The van der Waals surface area contributed by atoms with Gasteiger partial charge in [0, 0.05) is 12.3 Å². The van der Waals surface area contributed by atoms with E-state index in [4.69, 9.17) is 11.1 Å². The maximum absolute atomic E-state index is 7.03. The van der Waals surface area contributed by atoms with Crippen LogP contribution in [0.15, 0.2) is 12.2 Å². The van der Waals surface area contributed by atoms with Crippen molar-refractivity contribution < 1.29 is 0 Å². The van der Waals surface area contributed by atoms with E-state index in [0.717, 1.165) is 6.42 Å². The van der Waals surface area contributed by atoms with Crippen molar-refractivity contribution in [2.24, 2.45) is 5.73 Å². The van der Waals surface area contributed by atoms with Crippen molar-refractivity contribution >= 4 is 5.71 Å². The summed E-state index contributed by atoms with van der Waals surface area (Å²) in [6.45, 7) is 2.37. The largest absolute Gasteiger partial charge is 0.325 e. The Morgan fingerprint density at radius 1 is 1.75 bits per heavy atom. The molecular formula is C6H12N2. The van der Waals surface area contributed by atoms with E-state index in [1.165, 1.54) is 0 Å². The molecule has 0 saturated heterocycles. The normalized spacial score (nSPS) is 10.2. The van der Waals surface area contributed by atoms with E-state index in [-0.39, 0.29) is 0 Å². The van der Waals surface area contributed by atoms with Crippen molar-refractivity contribution in [3.05, 3.63) is 12.2 Å². The Hall–Kier alpha value is -0.630. The van der Waals surface area contributed by atoms with Crippen LogP contribution in [0.1, 0.15) is 13.3 Å². The molecule has 0 heterocycles. The van der Waals surface area contributed by atoms with E-state index in [2.05, 4.69) is 0 Å². The predicted octanol–water partition coefficient (Wildman–Crippen LogP) is 0.931. The molecule has 2 heteroatoms. The van der Waals surface area contributed by atoms with Crippen LogP contribution < -0.4 is 5.73 Å². The molecule has 0 bridgehead atoms. The van der Waals surface area contributed by atoms with Gasteiger partial charge in [0.15, 0.2) is 0 Å². The van der Waals surface area contributed by atoms with Gasteiger partial charge >= 0.3 is 0 Å². The molecule has 8 heavy (non-hydrogen) atoms. The lowest BCUT2D eigenvalue weighted by atomic mass is 10.3. The van der Waals surface area contributed by atoms with Gasteiger partial charge < -0.3 is 11.1 Å². The summed E-state index contributed by atoms with van der Waals surface area (Å²) in [5.74, 6) is 0. The zero-order chi connectivity index (χ0) is 6.41. The van der Waals surface area contributed by atoms with Gasteiger partial charge in [-0.2, -0.15) is 0 Å². The molecule has 0 rings (SSSR count). The van der Waals surface area contributed by atoms with Crippen LogP contribution >= 0.6 is 0 Å². The monoisotopic (exact) mass is 112 g/mol. The van der Waals surface area contributed by atoms with E-state index in [9.17, 15) is 0 Å². The number of hydrogen-bond acceptors (Lipinski definition) is 2. The first-order chi connectivity index (χ1) is 3.81. The minimum absolute atomic E-state index is 0.344. The van der Waals surface area contributed by atoms with Gasteiger partial charge in [-0.25, -0.2) is 0 Å². The fourth-order valence-electron chi connectivity index (χ4n) is 0.328. The van der Waals surface area contributed by atoms with E-state index < -0.39 is 0 Å². The van der Waals surface area contributed by atoms with Gasteiger partial charge in [0.2, 0.25) is 0 Å². The SMILES string of the molecule is CC/C=C\C(=N)CN. The lowest BCUT2D eigenvalue weighted by Crippen LogP contribution is -2.08. The second-order valence-corrected chi connectivity index (χ2v) is 1.54. The van der Waals surface area contributed by atoms with Gasteiger partial charge in [0.1, 0.15) is 0 Å². The first kappa shape index (κ1) is 7.37. The third kappa shape index (κ3) is 3.56. The third-order valence-corrected chi connectivity index (χ3v) is 0.775. The Kier molecular flexibility index (Phi) is 4.17. The summed E-state index contributed by atoms with van der Waals surface area (Å²) in [5.41, 5.74) is 5.63. The Morgan fingerprint density at radius 3 is 2.75 bits per heavy atom. The summed E-state index contributed by atoms with van der Waals surface area (Å²) in [6, 6.07) is 0. The van der Waals surface area contributed by atoms with Crippen LogP contribution in [0.4, 0.5) is 0 Å². The van der Waals surface area contributed by atoms with Crippen LogP contribution in [-0.2, 0) is 0 Å². The van der Waals surface area contributed by atoms with E-state index >= 15 is 0 Å². The van der Waals surface area contributed by atoms with Gasteiger partial charge in [-0.05, 0) is 12.5 Å². The lowest BCUT2D eigenvalue weighted by molar-refractivity contribution is 1.21. The molecule has 0 radical (unpaired) electrons. The molecule has 0 aromatic carbocycles. The molecule has 0 aliphatic rings. The third-order valence-electron chi connectivity index (χ3n) is 0.775. The number of hydrogen-bond donors (Lipinski definition) is 2. The van der Waals surface area contributed by atoms with Crippen molar-refractivity contribution in [2.45, 2.75) is 13.3 Å². The van der Waals surface area contributed by atoms with Crippen molar-refractivity contribution in [1.29, 1.82) is 5.41 Å². The minimum Gasteiger partial charge on any atom is -0.325 e. The van der Waals surface area contributed by atoms with Crippen molar-refractivity contribution in [3.8, 4) is 0 Å². The first-order valence-corrected chi connectivity index (χ1v) is 2.75. The maximum Gasteiger partial charge on any atom is 0.0446 e. The summed E-state index contributed by atoms with van der Waals surface area (Å²) in [6.07, 6.45) is 4.64. The van der Waals surface area contributed by atoms with Gasteiger partial charge in [-0.3, -0.25) is 0 Å². The summed E-state index contributed by atoms with van der Waals surface area (Å²) in [5, 5.41) is 7.03. The molecule has 0 aromatic heterocycles. The van der Waals surface area contributed by atoms with Gasteiger partial charge in [-0.15, -0.1) is 0 Å². The van der Waals surface area contributed by atoms with Crippen molar-refractivity contribution in [2.75, 3.05) is 6.54 Å². The molecule has 46 valence electrons. The molecule has 3 N–H and O–H groups in total. The Labute approximate surface area is 49.9 Å². The average molecular weight is 112 g/mol. The fourth-order valence-corrected chi connectivity index (χ4v) is 0.328. The minimum atomic E-state index is 0.344. The smallest absolute Gasteiger partial charge is 0.0446 e. The highest BCUT2D eigenvalue weighted by Crippen LogP contribution is 1.79. The number of nitrogens with one attached hydrogen (secondary N) is 1. The molecule has 0 amide bonds. The van der Waals surface area contributed by atoms with E-state index in [1.54, 1.807) is 6.08 Å². The van der Waals surface area contributed by atoms with E-state index in [0.29, 0.717) is 12.3 Å². The van der Waals surface area contributed by atoms with Crippen LogP contribution in [0, 0.1) is 5.41 Å². The van der Waals surface area contributed by atoms with Crippen LogP contribution in [0.5, 0.6) is 0 Å². The Balaban J connectivity index is 3.37. The fraction of sp³-hybridized carbons (Fsp3) is 0.500. The second kappa shape index (κ2) is 4.53. The summed E-state index contributed by atoms with van der Waals surface area (Å²) in [4.78, 5) is 0. The van der Waals surface area contributed by atoms with Crippen LogP contribution in [0.3, 0.4) is 0 Å².